The van der Waals surface area contributed by atoms with Crippen LogP contribution in [0.25, 0.3) is 0 Å². The van der Waals surface area contributed by atoms with Crippen LogP contribution in [-0.2, 0) is 11.3 Å². The van der Waals surface area contributed by atoms with E-state index >= 15 is 0 Å². The van der Waals surface area contributed by atoms with E-state index in [4.69, 9.17) is 4.74 Å². The highest BCUT2D eigenvalue weighted by Gasteiger charge is 2.06. The number of aromatic nitrogens is 2. The van der Waals surface area contributed by atoms with Gasteiger partial charge < -0.3 is 4.74 Å². The Morgan fingerprint density at radius 3 is 2.79 bits per heavy atom. The average molecular weight is 194 g/mol. The summed E-state index contributed by atoms with van der Waals surface area (Å²) in [7, 11) is 0. The summed E-state index contributed by atoms with van der Waals surface area (Å²) in [5.74, 6) is 0.611. The fourth-order valence-electron chi connectivity index (χ4n) is 1.12. The van der Waals surface area contributed by atoms with Gasteiger partial charge in [0.05, 0.1) is 11.3 Å². The highest BCUT2D eigenvalue weighted by Crippen LogP contribution is 2.05. The second kappa shape index (κ2) is 4.81. The maximum absolute atomic E-state index is 11.1. The summed E-state index contributed by atoms with van der Waals surface area (Å²) < 4.78 is 5.16. The predicted molar refractivity (Wildman–Crippen MR) is 52.1 cm³/mol. The Labute approximate surface area is 83.3 Å². The van der Waals surface area contributed by atoms with E-state index in [0.717, 1.165) is 0 Å². The maximum atomic E-state index is 11.1. The first-order valence-corrected chi connectivity index (χ1v) is 4.56. The molecule has 4 nitrogen and oxygen atoms in total. The third-order valence-corrected chi connectivity index (χ3v) is 1.84. The topological polar surface area (TPSA) is 52.1 Å². The molecule has 0 aromatic carbocycles. The van der Waals surface area contributed by atoms with Crippen molar-refractivity contribution < 1.29 is 9.53 Å². The second-order valence-corrected chi connectivity index (χ2v) is 2.98. The molecule has 0 saturated carbocycles. The first-order valence-electron chi connectivity index (χ1n) is 4.56. The first-order chi connectivity index (χ1) is 6.65. The van der Waals surface area contributed by atoms with E-state index in [2.05, 4.69) is 9.97 Å². The van der Waals surface area contributed by atoms with Gasteiger partial charge in [0.15, 0.2) is 11.6 Å². The van der Waals surface area contributed by atoms with Gasteiger partial charge in [-0.05, 0) is 20.8 Å². The quantitative estimate of drug-likeness (QED) is 0.682. The van der Waals surface area contributed by atoms with Crippen LogP contribution < -0.4 is 0 Å². The summed E-state index contributed by atoms with van der Waals surface area (Å²) in [4.78, 5) is 19.3. The fraction of sp³-hybridized carbons (Fsp3) is 0.500. The van der Waals surface area contributed by atoms with Crippen LogP contribution >= 0.6 is 0 Å². The molecule has 0 bridgehead atoms. The molecule has 0 saturated heterocycles. The molecule has 0 N–H and O–H groups in total. The standard InChI is InChI=1S/C10H14N2O2/c1-4-14-6-10-11-5-9(8(3)13)7(2)12-10/h5H,4,6H2,1-3H3. The lowest BCUT2D eigenvalue weighted by Gasteiger charge is -2.03. The monoisotopic (exact) mass is 194 g/mol. The van der Waals surface area contributed by atoms with Crippen molar-refractivity contribution in [2.45, 2.75) is 27.4 Å². The first kappa shape index (κ1) is 10.8. The molecule has 0 unspecified atom stereocenters. The molecule has 0 spiro atoms. The zero-order chi connectivity index (χ0) is 10.6. The van der Waals surface area contributed by atoms with Crippen LogP contribution in [0.1, 0.15) is 35.7 Å². The summed E-state index contributed by atoms with van der Waals surface area (Å²) in [6.07, 6.45) is 1.55. The number of aryl methyl sites for hydroxylation is 1. The highest BCUT2D eigenvalue weighted by atomic mass is 16.5. The van der Waals surface area contributed by atoms with Crippen LogP contribution in [-0.4, -0.2) is 22.4 Å². The fourth-order valence-corrected chi connectivity index (χ4v) is 1.12. The lowest BCUT2D eigenvalue weighted by atomic mass is 10.2. The Balaban J connectivity index is 2.83. The van der Waals surface area contributed by atoms with Crippen LogP contribution in [0.4, 0.5) is 0 Å². The third-order valence-electron chi connectivity index (χ3n) is 1.84. The molecule has 0 fully saturated rings. The van der Waals surface area contributed by atoms with Gasteiger partial charge in [-0.1, -0.05) is 0 Å². The highest BCUT2D eigenvalue weighted by molar-refractivity contribution is 5.94. The molecular formula is C10H14N2O2. The Kier molecular flexibility index (Phi) is 3.71. The van der Waals surface area contributed by atoms with Gasteiger partial charge in [0.25, 0.3) is 0 Å². The van der Waals surface area contributed by atoms with Crippen LogP contribution in [0.3, 0.4) is 0 Å². The van der Waals surface area contributed by atoms with Gasteiger partial charge in [0.1, 0.15) is 6.61 Å². The molecule has 1 aromatic heterocycles. The van der Waals surface area contributed by atoms with Crippen molar-refractivity contribution >= 4 is 5.78 Å². The van der Waals surface area contributed by atoms with Crippen molar-refractivity contribution in [2.24, 2.45) is 0 Å². The Bertz CT molecular complexity index is 337. The van der Waals surface area contributed by atoms with Crippen LogP contribution in [0, 0.1) is 6.92 Å². The molecule has 0 radical (unpaired) electrons. The molecule has 0 aliphatic heterocycles. The van der Waals surface area contributed by atoms with E-state index in [1.807, 2.05) is 6.92 Å². The van der Waals surface area contributed by atoms with Crippen LogP contribution in [0.2, 0.25) is 0 Å². The molecule has 4 heteroatoms. The van der Waals surface area contributed by atoms with Gasteiger partial charge in [-0.25, -0.2) is 9.97 Å². The van der Waals surface area contributed by atoms with Crippen molar-refractivity contribution in [2.75, 3.05) is 6.61 Å². The molecule has 1 aromatic rings. The summed E-state index contributed by atoms with van der Waals surface area (Å²) in [5, 5.41) is 0. The number of nitrogens with zero attached hydrogens (tertiary/aromatic N) is 2. The average Bonchev–Trinajstić information content (AvgIpc) is 2.14. The summed E-state index contributed by atoms with van der Waals surface area (Å²) >= 11 is 0. The smallest absolute Gasteiger partial charge is 0.163 e. The van der Waals surface area contributed by atoms with E-state index in [1.54, 1.807) is 13.1 Å². The predicted octanol–water partition coefficient (Wildman–Crippen LogP) is 1.52. The molecule has 0 aliphatic rings. The van der Waals surface area contributed by atoms with E-state index < -0.39 is 0 Å². The minimum atomic E-state index is -0.00883. The lowest BCUT2D eigenvalue weighted by Crippen LogP contribution is -2.05. The van der Waals surface area contributed by atoms with Crippen molar-refractivity contribution in [3.05, 3.63) is 23.3 Å². The maximum Gasteiger partial charge on any atom is 0.163 e. The van der Waals surface area contributed by atoms with Gasteiger partial charge >= 0.3 is 0 Å². The molecule has 0 aliphatic carbocycles. The van der Waals surface area contributed by atoms with Gasteiger partial charge in [0, 0.05) is 12.8 Å². The number of carbonyl (C=O) groups is 1. The van der Waals surface area contributed by atoms with Crippen LogP contribution in [0.15, 0.2) is 6.20 Å². The van der Waals surface area contributed by atoms with Gasteiger partial charge in [-0.15, -0.1) is 0 Å². The molecular weight excluding hydrogens is 180 g/mol. The molecule has 1 heterocycles. The van der Waals surface area contributed by atoms with Gasteiger partial charge in [0.2, 0.25) is 0 Å². The van der Waals surface area contributed by atoms with Gasteiger partial charge in [-0.3, -0.25) is 4.79 Å². The van der Waals surface area contributed by atoms with E-state index in [9.17, 15) is 4.79 Å². The summed E-state index contributed by atoms with van der Waals surface area (Å²) in [5.41, 5.74) is 1.28. The van der Waals surface area contributed by atoms with Crippen LogP contribution in [0.5, 0.6) is 0 Å². The van der Waals surface area contributed by atoms with Crippen molar-refractivity contribution in [1.82, 2.24) is 9.97 Å². The Morgan fingerprint density at radius 1 is 1.57 bits per heavy atom. The number of Topliss-reactive ketones (excluding diaryl/α,β-unsaturated/α-hetero) is 1. The Morgan fingerprint density at radius 2 is 2.29 bits per heavy atom. The SMILES string of the molecule is CCOCc1ncc(C(C)=O)c(C)n1. The lowest BCUT2D eigenvalue weighted by molar-refractivity contribution is 0.101. The number of hydrogen-bond donors (Lipinski definition) is 0. The van der Waals surface area contributed by atoms with Crippen molar-refractivity contribution in [1.29, 1.82) is 0 Å². The van der Waals surface area contributed by atoms with Crippen molar-refractivity contribution in [3.63, 3.8) is 0 Å². The number of hydrogen-bond acceptors (Lipinski definition) is 4. The molecule has 76 valence electrons. The normalized spacial score (nSPS) is 10.2. The van der Waals surface area contributed by atoms with E-state index in [-0.39, 0.29) is 5.78 Å². The summed E-state index contributed by atoms with van der Waals surface area (Å²) in [6, 6.07) is 0. The third kappa shape index (κ3) is 2.60. The van der Waals surface area contributed by atoms with E-state index in [1.165, 1.54) is 6.92 Å². The second-order valence-electron chi connectivity index (χ2n) is 2.98. The zero-order valence-corrected chi connectivity index (χ0v) is 8.70. The molecule has 1 rings (SSSR count). The number of ketones is 1. The minimum Gasteiger partial charge on any atom is -0.374 e. The minimum absolute atomic E-state index is 0.00883. The molecule has 0 amide bonds. The van der Waals surface area contributed by atoms with E-state index in [0.29, 0.717) is 30.3 Å². The van der Waals surface area contributed by atoms with Crippen molar-refractivity contribution in [3.8, 4) is 0 Å². The van der Waals surface area contributed by atoms with Gasteiger partial charge in [-0.2, -0.15) is 0 Å². The largest absolute Gasteiger partial charge is 0.374 e. The number of rotatable bonds is 4. The zero-order valence-electron chi connectivity index (χ0n) is 8.70. The number of carbonyl (C=O) groups excluding carboxylic acids is 1. The summed E-state index contributed by atoms with van der Waals surface area (Å²) in [6.45, 7) is 6.25. The Hall–Kier alpha value is -1.29. The number of ether oxygens (including phenoxy) is 1. The molecule has 0 atom stereocenters. The molecule has 14 heavy (non-hydrogen) atoms.